The van der Waals surface area contributed by atoms with E-state index in [4.69, 9.17) is 0 Å². The minimum absolute atomic E-state index is 0.0406. The Morgan fingerprint density at radius 3 is 2.14 bits per heavy atom. The Balaban J connectivity index is 1.95. The van der Waals surface area contributed by atoms with E-state index < -0.39 is 71.8 Å². The first-order valence-corrected chi connectivity index (χ1v) is 14.4. The molecule has 230 valence electrons. The third-order valence-electron chi connectivity index (χ3n) is 7.36. The number of benzene rings is 1. The van der Waals surface area contributed by atoms with Crippen LogP contribution in [0.4, 0.5) is 0 Å². The van der Waals surface area contributed by atoms with Gasteiger partial charge in [-0.2, -0.15) is 0 Å². The highest BCUT2D eigenvalue weighted by molar-refractivity contribution is 5.97. The summed E-state index contributed by atoms with van der Waals surface area (Å²) in [5.74, 6) is -3.79. The lowest BCUT2D eigenvalue weighted by atomic mass is 10.00. The van der Waals surface area contributed by atoms with Crippen molar-refractivity contribution in [2.24, 2.45) is 5.92 Å². The number of aliphatic hydroxyl groups excluding tert-OH is 1. The van der Waals surface area contributed by atoms with Crippen molar-refractivity contribution in [2.45, 2.75) is 89.7 Å². The van der Waals surface area contributed by atoms with Crippen LogP contribution in [0, 0.1) is 5.92 Å². The van der Waals surface area contributed by atoms with Crippen molar-refractivity contribution >= 4 is 35.4 Å². The number of aliphatic hydroxyl groups is 1. The van der Waals surface area contributed by atoms with Crippen LogP contribution in [0.15, 0.2) is 30.3 Å². The van der Waals surface area contributed by atoms with Gasteiger partial charge in [-0.1, -0.05) is 44.2 Å². The topological polar surface area (TPSA) is 186 Å². The van der Waals surface area contributed by atoms with E-state index in [1.807, 2.05) is 19.9 Å². The van der Waals surface area contributed by atoms with Crippen molar-refractivity contribution in [3.05, 3.63) is 35.9 Å². The third-order valence-corrected chi connectivity index (χ3v) is 7.36. The number of hydrogen-bond acceptors (Lipinski definition) is 7. The molecule has 1 aromatic carbocycles. The van der Waals surface area contributed by atoms with E-state index in [9.17, 15) is 33.9 Å². The predicted molar refractivity (Wildman–Crippen MR) is 152 cm³/mol. The van der Waals surface area contributed by atoms with Crippen molar-refractivity contribution in [1.82, 2.24) is 31.5 Å². The van der Waals surface area contributed by atoms with Gasteiger partial charge in [0.1, 0.15) is 30.2 Å². The fraction of sp³-hybridized carbons (Fsp3) is 0.586. The molecule has 42 heavy (non-hydrogen) atoms. The Bertz CT molecular complexity index is 1160. The summed E-state index contributed by atoms with van der Waals surface area (Å²) in [5, 5.41) is 23.3. The summed E-state index contributed by atoms with van der Waals surface area (Å²) in [6, 6.07) is 3.49. The van der Waals surface area contributed by atoms with Crippen molar-refractivity contribution < 1.29 is 33.9 Å². The fourth-order valence-electron chi connectivity index (χ4n) is 5.08. The zero-order valence-electron chi connectivity index (χ0n) is 24.5. The second kappa shape index (κ2) is 14.8. The number of carbonyl (C=O) groups excluding carboxylic acids is 6. The highest BCUT2D eigenvalue weighted by atomic mass is 16.3. The molecular formula is C29H42N6O7. The average Bonchev–Trinajstić information content (AvgIpc) is 3.43. The lowest BCUT2D eigenvalue weighted by Gasteiger charge is -2.29. The van der Waals surface area contributed by atoms with E-state index in [-0.39, 0.29) is 25.3 Å². The third kappa shape index (κ3) is 8.75. The molecule has 2 heterocycles. The molecule has 0 bridgehead atoms. The van der Waals surface area contributed by atoms with E-state index in [2.05, 4.69) is 26.6 Å². The maximum Gasteiger partial charge on any atom is 0.245 e. The molecule has 0 radical (unpaired) electrons. The van der Waals surface area contributed by atoms with Crippen molar-refractivity contribution in [3.8, 4) is 0 Å². The maximum absolute atomic E-state index is 13.5. The predicted octanol–water partition coefficient (Wildman–Crippen LogP) is -1.26. The van der Waals surface area contributed by atoms with Gasteiger partial charge in [-0.3, -0.25) is 28.8 Å². The molecule has 0 unspecified atom stereocenters. The Morgan fingerprint density at radius 2 is 1.50 bits per heavy atom. The molecule has 0 aliphatic carbocycles. The lowest BCUT2D eigenvalue weighted by Crippen LogP contribution is -2.61. The molecule has 0 saturated carbocycles. The van der Waals surface area contributed by atoms with Crippen LogP contribution in [0.2, 0.25) is 0 Å². The molecule has 6 amide bonds. The van der Waals surface area contributed by atoms with Gasteiger partial charge >= 0.3 is 0 Å². The molecule has 2 aliphatic heterocycles. The number of hydrogen-bond donors (Lipinski definition) is 6. The molecule has 13 nitrogen and oxygen atoms in total. The largest absolute Gasteiger partial charge is 0.391 e. The fourth-order valence-corrected chi connectivity index (χ4v) is 5.08. The summed E-state index contributed by atoms with van der Waals surface area (Å²) in [5.41, 5.74) is 0.762. The molecule has 0 aromatic heterocycles. The van der Waals surface area contributed by atoms with Crippen LogP contribution < -0.4 is 26.6 Å². The summed E-state index contributed by atoms with van der Waals surface area (Å²) in [7, 11) is 0. The monoisotopic (exact) mass is 586 g/mol. The number of carbonyl (C=O) groups is 6. The Hall–Kier alpha value is -4.00. The molecule has 13 heteroatoms. The van der Waals surface area contributed by atoms with Gasteiger partial charge in [0, 0.05) is 13.0 Å². The molecule has 6 N–H and O–H groups in total. The first-order valence-electron chi connectivity index (χ1n) is 14.4. The normalized spacial score (nSPS) is 27.6. The van der Waals surface area contributed by atoms with Gasteiger partial charge < -0.3 is 36.6 Å². The molecule has 1 aromatic rings. The maximum atomic E-state index is 13.5. The molecule has 2 aliphatic rings. The Labute approximate surface area is 245 Å². The standard InChI is InChI=1S/C29H42N6O7/c1-16(2)13-20-27(40)32-21(14-19-9-6-5-7-10-19)26(39)30-15-23(37)35-12-8-11-22(35)28(41)31-17(3)25(38)34-24(18(4)36)29(42)33-20/h5-7,9-10,16-18,20-22,24,36H,8,11-15H2,1-4H3,(H,30,39)(H,31,41)(H,32,40)(H,33,42)(H,34,38)/t17-,18+,20-,21-,22-,24-/m0/s1. The lowest BCUT2D eigenvalue weighted by molar-refractivity contribution is -0.140. The molecule has 2 saturated heterocycles. The minimum Gasteiger partial charge on any atom is -0.391 e. The van der Waals surface area contributed by atoms with E-state index in [1.54, 1.807) is 24.3 Å². The zero-order valence-corrected chi connectivity index (χ0v) is 24.5. The van der Waals surface area contributed by atoms with Crippen molar-refractivity contribution in [1.29, 1.82) is 0 Å². The van der Waals surface area contributed by atoms with Crippen molar-refractivity contribution in [2.75, 3.05) is 13.1 Å². The van der Waals surface area contributed by atoms with Gasteiger partial charge in [-0.05, 0) is 44.6 Å². The Kier molecular flexibility index (Phi) is 11.4. The van der Waals surface area contributed by atoms with Crippen LogP contribution in [-0.4, -0.2) is 94.9 Å². The van der Waals surface area contributed by atoms with Gasteiger partial charge in [0.05, 0.1) is 12.6 Å². The molecule has 6 atom stereocenters. The van der Waals surface area contributed by atoms with Crippen molar-refractivity contribution in [3.63, 3.8) is 0 Å². The molecule has 2 fully saturated rings. The highest BCUT2D eigenvalue weighted by Crippen LogP contribution is 2.18. The van der Waals surface area contributed by atoms with Crippen LogP contribution in [-0.2, 0) is 35.2 Å². The summed E-state index contributed by atoms with van der Waals surface area (Å²) in [4.78, 5) is 80.5. The van der Waals surface area contributed by atoms with Crippen LogP contribution in [0.25, 0.3) is 0 Å². The SMILES string of the molecule is CC(C)C[C@@H]1NC(=O)[C@H]([C@@H](C)O)NC(=O)[C@H](C)NC(=O)[C@@H]2CCCN2C(=O)CNC(=O)[C@H](Cc2ccccc2)NC1=O. The Morgan fingerprint density at radius 1 is 0.833 bits per heavy atom. The van der Waals surface area contributed by atoms with Crippen LogP contribution in [0.3, 0.4) is 0 Å². The van der Waals surface area contributed by atoms with Crippen LogP contribution in [0.1, 0.15) is 52.5 Å². The molecule has 3 rings (SSSR count). The zero-order chi connectivity index (χ0) is 31.0. The number of rotatable bonds is 5. The summed E-state index contributed by atoms with van der Waals surface area (Å²) < 4.78 is 0. The summed E-state index contributed by atoms with van der Waals surface area (Å²) in [6.45, 7) is 6.37. The van der Waals surface area contributed by atoms with E-state index in [0.29, 0.717) is 19.4 Å². The molecule has 0 spiro atoms. The number of nitrogens with one attached hydrogen (secondary N) is 5. The van der Waals surface area contributed by atoms with Gasteiger partial charge in [-0.25, -0.2) is 0 Å². The quantitative estimate of drug-likeness (QED) is 0.248. The van der Waals surface area contributed by atoms with E-state index in [0.717, 1.165) is 5.56 Å². The van der Waals surface area contributed by atoms with E-state index >= 15 is 0 Å². The second-order valence-electron chi connectivity index (χ2n) is 11.4. The first-order chi connectivity index (χ1) is 19.9. The average molecular weight is 587 g/mol. The first kappa shape index (κ1) is 32.5. The summed E-state index contributed by atoms with van der Waals surface area (Å²) in [6.07, 6.45) is -0.0630. The summed E-state index contributed by atoms with van der Waals surface area (Å²) >= 11 is 0. The van der Waals surface area contributed by atoms with Crippen LogP contribution in [0.5, 0.6) is 0 Å². The van der Waals surface area contributed by atoms with Gasteiger partial charge in [0.25, 0.3) is 0 Å². The smallest absolute Gasteiger partial charge is 0.245 e. The van der Waals surface area contributed by atoms with Gasteiger partial charge in [0.2, 0.25) is 35.4 Å². The highest BCUT2D eigenvalue weighted by Gasteiger charge is 2.37. The molecular weight excluding hydrogens is 544 g/mol. The number of amides is 6. The minimum atomic E-state index is -1.42. The van der Waals surface area contributed by atoms with E-state index in [1.165, 1.54) is 18.7 Å². The van der Waals surface area contributed by atoms with Gasteiger partial charge in [-0.15, -0.1) is 0 Å². The van der Waals surface area contributed by atoms with Gasteiger partial charge in [0.15, 0.2) is 0 Å². The number of fused-ring (bicyclic) bond motifs is 1. The second-order valence-corrected chi connectivity index (χ2v) is 11.4. The number of nitrogens with zero attached hydrogens (tertiary/aromatic N) is 1. The van der Waals surface area contributed by atoms with Crippen LogP contribution >= 0.6 is 0 Å².